The van der Waals surface area contributed by atoms with E-state index in [4.69, 9.17) is 10.5 Å². The summed E-state index contributed by atoms with van der Waals surface area (Å²) in [5, 5.41) is 12.6. The molecule has 37 heavy (non-hydrogen) atoms. The molecule has 4 N–H and O–H groups in total. The summed E-state index contributed by atoms with van der Waals surface area (Å²) in [6, 6.07) is 7.27. The lowest BCUT2D eigenvalue weighted by Crippen LogP contribution is -2.55. The number of primary amides is 1. The fourth-order valence-corrected chi connectivity index (χ4v) is 4.10. The van der Waals surface area contributed by atoms with Gasteiger partial charge in [-0.15, -0.1) is 0 Å². The molecule has 1 unspecified atom stereocenters. The molecule has 2 rings (SSSR count). The van der Waals surface area contributed by atoms with Gasteiger partial charge in [-0.2, -0.15) is 0 Å². The molecule has 0 saturated heterocycles. The highest BCUT2D eigenvalue weighted by Crippen LogP contribution is 2.23. The van der Waals surface area contributed by atoms with Crippen LogP contribution in [0.5, 0.6) is 5.75 Å². The number of amides is 3. The Morgan fingerprint density at radius 2 is 1.68 bits per heavy atom. The Morgan fingerprint density at radius 1 is 1.11 bits per heavy atom. The van der Waals surface area contributed by atoms with Crippen molar-refractivity contribution in [2.45, 2.75) is 78.5 Å². The van der Waals surface area contributed by atoms with Crippen LogP contribution in [-0.4, -0.2) is 52.1 Å². The Bertz CT molecular complexity index is 1090. The topological polar surface area (TPSA) is 122 Å². The first kappa shape index (κ1) is 29.6. The third kappa shape index (κ3) is 9.08. The normalized spacial score (nSPS) is 12.9. The average molecular weight is 516 g/mol. The van der Waals surface area contributed by atoms with Crippen molar-refractivity contribution >= 4 is 17.9 Å². The van der Waals surface area contributed by atoms with Crippen LogP contribution in [0.1, 0.15) is 56.4 Å². The number of carbonyl (C=O) groups is 3. The lowest BCUT2D eigenvalue weighted by Gasteiger charge is -2.32. The summed E-state index contributed by atoms with van der Waals surface area (Å²) in [7, 11) is 0. The molecule has 0 spiro atoms. The molecule has 202 valence electrons. The fraction of sp³-hybridized carbons (Fsp3) is 0.464. The van der Waals surface area contributed by atoms with Crippen molar-refractivity contribution in [3.05, 3.63) is 64.5 Å². The van der Waals surface area contributed by atoms with E-state index in [1.807, 2.05) is 13.8 Å². The SMILES string of the molecule is Cc1cc(O)cc(C)c1CC(NC(=O)OC(C)(C)C)C(=O)N(CCCc1ccc(F)cc1)[C@H](C)C(N)=O. The predicted octanol–water partition coefficient (Wildman–Crippen LogP) is 3.92. The summed E-state index contributed by atoms with van der Waals surface area (Å²) in [5.41, 5.74) is 7.97. The number of carbonyl (C=O) groups excluding carboxylic acids is 3. The minimum atomic E-state index is -1.05. The number of nitrogens with one attached hydrogen (secondary N) is 1. The zero-order valence-electron chi connectivity index (χ0n) is 22.4. The van der Waals surface area contributed by atoms with E-state index >= 15 is 0 Å². The van der Waals surface area contributed by atoms with E-state index in [1.165, 1.54) is 17.0 Å². The van der Waals surface area contributed by atoms with E-state index in [0.717, 1.165) is 22.3 Å². The van der Waals surface area contributed by atoms with Crippen molar-refractivity contribution in [1.82, 2.24) is 10.2 Å². The van der Waals surface area contributed by atoms with Crippen molar-refractivity contribution in [2.75, 3.05) is 6.54 Å². The molecular formula is C28H38FN3O5. The standard InChI is InChI=1S/C28H38FN3O5/c1-17-14-22(33)15-18(2)23(17)16-24(31-27(36)37-28(4,5)6)26(35)32(19(3)25(30)34)13-7-8-20-9-11-21(29)12-10-20/h9-12,14-15,19,24,33H,7-8,13,16H2,1-6H3,(H2,30,34)(H,31,36)/t19-,24?/m1/s1. The number of ether oxygens (including phenoxy) is 1. The second kappa shape index (κ2) is 12.6. The summed E-state index contributed by atoms with van der Waals surface area (Å²) in [6.07, 6.45) is 0.398. The molecule has 0 aliphatic heterocycles. The van der Waals surface area contributed by atoms with Gasteiger partial charge >= 0.3 is 6.09 Å². The number of nitrogens with zero attached hydrogens (tertiary/aromatic N) is 1. The third-order valence-corrected chi connectivity index (χ3v) is 6.02. The van der Waals surface area contributed by atoms with Crippen molar-refractivity contribution in [3.8, 4) is 5.75 Å². The van der Waals surface area contributed by atoms with Gasteiger partial charge in [0.25, 0.3) is 0 Å². The molecule has 3 amide bonds. The predicted molar refractivity (Wildman–Crippen MR) is 140 cm³/mol. The van der Waals surface area contributed by atoms with Crippen LogP contribution >= 0.6 is 0 Å². The number of benzene rings is 2. The number of aromatic hydroxyl groups is 1. The number of hydrogen-bond donors (Lipinski definition) is 3. The first-order chi connectivity index (χ1) is 17.2. The summed E-state index contributed by atoms with van der Waals surface area (Å²) in [6.45, 7) is 10.5. The second-order valence-corrected chi connectivity index (χ2v) is 10.3. The third-order valence-electron chi connectivity index (χ3n) is 6.02. The number of nitrogens with two attached hydrogens (primary N) is 1. The van der Waals surface area contributed by atoms with Crippen molar-refractivity contribution in [3.63, 3.8) is 0 Å². The highest BCUT2D eigenvalue weighted by molar-refractivity contribution is 5.91. The molecule has 0 heterocycles. The number of rotatable bonds is 10. The van der Waals surface area contributed by atoms with Gasteiger partial charge < -0.3 is 25.8 Å². The molecule has 0 aliphatic carbocycles. The minimum absolute atomic E-state index is 0.103. The number of aryl methyl sites for hydroxylation is 3. The number of halogens is 1. The van der Waals surface area contributed by atoms with Gasteiger partial charge in [-0.25, -0.2) is 9.18 Å². The molecule has 9 heteroatoms. The molecule has 0 bridgehead atoms. The first-order valence-corrected chi connectivity index (χ1v) is 12.3. The molecule has 2 atom stereocenters. The zero-order valence-corrected chi connectivity index (χ0v) is 22.4. The maximum Gasteiger partial charge on any atom is 0.408 e. The highest BCUT2D eigenvalue weighted by atomic mass is 19.1. The zero-order chi connectivity index (χ0) is 27.9. The van der Waals surface area contributed by atoms with Crippen molar-refractivity contribution < 1.29 is 28.6 Å². The Hall–Kier alpha value is -3.62. The van der Waals surface area contributed by atoms with Crippen LogP contribution in [0.25, 0.3) is 0 Å². The molecule has 0 radical (unpaired) electrons. The fourth-order valence-electron chi connectivity index (χ4n) is 4.10. The largest absolute Gasteiger partial charge is 0.508 e. The maximum atomic E-state index is 13.8. The Labute approximate surface area is 218 Å². The summed E-state index contributed by atoms with van der Waals surface area (Å²) >= 11 is 0. The van der Waals surface area contributed by atoms with Crippen LogP contribution < -0.4 is 11.1 Å². The number of phenolic OH excluding ortho intramolecular Hbond substituents is 1. The van der Waals surface area contributed by atoms with E-state index in [9.17, 15) is 23.9 Å². The van der Waals surface area contributed by atoms with E-state index in [1.54, 1.807) is 52.0 Å². The van der Waals surface area contributed by atoms with Crippen LogP contribution in [0.15, 0.2) is 36.4 Å². The Kier molecular flexibility index (Phi) is 10.1. The summed E-state index contributed by atoms with van der Waals surface area (Å²) < 4.78 is 18.6. The smallest absolute Gasteiger partial charge is 0.408 e. The minimum Gasteiger partial charge on any atom is -0.508 e. The molecule has 8 nitrogen and oxygen atoms in total. The quantitative estimate of drug-likeness (QED) is 0.443. The monoisotopic (exact) mass is 515 g/mol. The Balaban J connectivity index is 2.33. The van der Waals surface area contributed by atoms with Crippen molar-refractivity contribution in [1.29, 1.82) is 0 Å². The van der Waals surface area contributed by atoms with Gasteiger partial charge in [-0.1, -0.05) is 12.1 Å². The molecule has 0 aliphatic rings. The van der Waals surface area contributed by atoms with Crippen LogP contribution in [0.2, 0.25) is 0 Å². The van der Waals surface area contributed by atoms with Crippen LogP contribution in [-0.2, 0) is 27.2 Å². The average Bonchev–Trinajstić information content (AvgIpc) is 2.77. The van der Waals surface area contributed by atoms with E-state index < -0.39 is 35.6 Å². The number of hydrogen-bond acceptors (Lipinski definition) is 5. The Morgan fingerprint density at radius 3 is 2.19 bits per heavy atom. The maximum absolute atomic E-state index is 13.8. The van der Waals surface area contributed by atoms with Crippen LogP contribution in [0.4, 0.5) is 9.18 Å². The van der Waals surface area contributed by atoms with Crippen LogP contribution in [0, 0.1) is 19.7 Å². The molecule has 2 aromatic rings. The van der Waals surface area contributed by atoms with E-state index in [0.29, 0.717) is 12.8 Å². The van der Waals surface area contributed by atoms with Gasteiger partial charge in [0.15, 0.2) is 0 Å². The lowest BCUT2D eigenvalue weighted by molar-refractivity contribution is -0.140. The summed E-state index contributed by atoms with van der Waals surface area (Å²) in [4.78, 5) is 40.0. The second-order valence-electron chi connectivity index (χ2n) is 10.3. The number of alkyl carbamates (subject to hydrolysis) is 1. The van der Waals surface area contributed by atoms with E-state index in [-0.39, 0.29) is 24.5 Å². The first-order valence-electron chi connectivity index (χ1n) is 12.3. The molecular weight excluding hydrogens is 477 g/mol. The van der Waals surface area contributed by atoms with Gasteiger partial charge in [0.05, 0.1) is 0 Å². The van der Waals surface area contributed by atoms with Crippen LogP contribution in [0.3, 0.4) is 0 Å². The highest BCUT2D eigenvalue weighted by Gasteiger charge is 2.33. The van der Waals surface area contributed by atoms with Gasteiger partial charge in [0.1, 0.15) is 29.3 Å². The molecule has 0 aromatic heterocycles. The molecule has 0 saturated carbocycles. The molecule has 2 aromatic carbocycles. The number of phenols is 1. The lowest BCUT2D eigenvalue weighted by atomic mass is 9.95. The van der Waals surface area contributed by atoms with Gasteiger partial charge in [0, 0.05) is 13.0 Å². The summed E-state index contributed by atoms with van der Waals surface area (Å²) in [5.74, 6) is -1.39. The van der Waals surface area contributed by atoms with Gasteiger partial charge in [-0.05, 0) is 101 Å². The van der Waals surface area contributed by atoms with Crippen molar-refractivity contribution in [2.24, 2.45) is 5.73 Å². The molecule has 0 fully saturated rings. The van der Waals surface area contributed by atoms with Gasteiger partial charge in [-0.3, -0.25) is 9.59 Å². The van der Waals surface area contributed by atoms with E-state index in [2.05, 4.69) is 5.32 Å². The van der Waals surface area contributed by atoms with Gasteiger partial charge in [0.2, 0.25) is 11.8 Å².